The third-order valence-electron chi connectivity index (χ3n) is 9.86. The first-order chi connectivity index (χ1) is 23.1. The van der Waals surface area contributed by atoms with Gasteiger partial charge in [0.1, 0.15) is 23.8 Å². The Morgan fingerprint density at radius 2 is 1.77 bits per heavy atom. The van der Waals surface area contributed by atoms with Gasteiger partial charge in [0, 0.05) is 24.5 Å². The first-order valence-corrected chi connectivity index (χ1v) is 17.4. The fraction of sp³-hybridized carbons (Fsp3) is 0.472. The van der Waals surface area contributed by atoms with Crippen molar-refractivity contribution in [3.63, 3.8) is 0 Å². The molecule has 11 nitrogen and oxygen atoms in total. The van der Waals surface area contributed by atoms with Gasteiger partial charge < -0.3 is 24.5 Å². The van der Waals surface area contributed by atoms with E-state index in [-0.39, 0.29) is 54.8 Å². The summed E-state index contributed by atoms with van der Waals surface area (Å²) < 4.78 is 8.45. The number of alkyl halides is 1. The van der Waals surface area contributed by atoms with E-state index in [4.69, 9.17) is 4.74 Å². The number of carbonyl (C=O) groups excluding carboxylic acids is 3. The van der Waals surface area contributed by atoms with Gasteiger partial charge in [0.15, 0.2) is 0 Å². The van der Waals surface area contributed by atoms with Gasteiger partial charge in [0.25, 0.3) is 0 Å². The molecule has 7 atom stereocenters. The second kappa shape index (κ2) is 13.9. The van der Waals surface area contributed by atoms with Crippen LogP contribution in [0.2, 0.25) is 0 Å². The lowest BCUT2D eigenvalue weighted by molar-refractivity contribution is -0.153. The zero-order chi connectivity index (χ0) is 34.2. The Labute approximate surface area is 289 Å². The summed E-state index contributed by atoms with van der Waals surface area (Å²) in [7, 11) is 0. The number of hydrogen-bond donors (Lipinski definition) is 1. The monoisotopic (exact) mass is 718 g/mol. The lowest BCUT2D eigenvalue weighted by Gasteiger charge is -2.39. The molecule has 254 valence electrons. The normalized spacial score (nSPS) is 26.6. The van der Waals surface area contributed by atoms with E-state index < -0.39 is 35.6 Å². The number of ether oxygens (including phenoxy) is 1. The molecule has 3 unspecified atom stereocenters. The Bertz CT molecular complexity index is 1680. The van der Waals surface area contributed by atoms with Gasteiger partial charge in [-0.2, -0.15) is 0 Å². The highest BCUT2D eigenvalue weighted by Crippen LogP contribution is 2.61. The number of halogens is 1. The molecule has 3 amide bonds. The molecule has 1 N–H and O–H groups in total. The van der Waals surface area contributed by atoms with Gasteiger partial charge in [-0.05, 0) is 36.5 Å². The van der Waals surface area contributed by atoms with Crippen molar-refractivity contribution in [2.24, 2.45) is 17.8 Å². The van der Waals surface area contributed by atoms with Crippen LogP contribution in [-0.2, 0) is 32.3 Å². The maximum atomic E-state index is 15.0. The van der Waals surface area contributed by atoms with E-state index in [2.05, 4.69) is 39.4 Å². The number of fused-ring (bicyclic) bond motifs is 2. The Morgan fingerprint density at radius 3 is 2.46 bits per heavy atom. The van der Waals surface area contributed by atoms with E-state index in [0.717, 1.165) is 11.1 Å². The quantitative estimate of drug-likeness (QED) is 0.199. The van der Waals surface area contributed by atoms with Crippen molar-refractivity contribution in [2.75, 3.05) is 19.7 Å². The first-order valence-electron chi connectivity index (χ1n) is 16.5. The number of carbonyl (C=O) groups is 3. The topological polar surface area (TPSA) is 121 Å². The number of rotatable bonds is 14. The van der Waals surface area contributed by atoms with Crippen molar-refractivity contribution in [1.29, 1.82) is 0 Å². The zero-order valence-corrected chi connectivity index (χ0v) is 29.0. The molecular formula is C36H43BrN6O5. The van der Waals surface area contributed by atoms with Crippen LogP contribution in [0, 0.1) is 17.8 Å². The van der Waals surface area contributed by atoms with E-state index in [1.807, 2.05) is 68.4 Å². The molecule has 3 aromatic rings. The molecule has 4 heterocycles. The van der Waals surface area contributed by atoms with E-state index >= 15 is 0 Å². The number of amides is 3. The van der Waals surface area contributed by atoms with Crippen molar-refractivity contribution >= 4 is 44.7 Å². The van der Waals surface area contributed by atoms with Crippen LogP contribution >= 0.6 is 15.9 Å². The number of hydrogen-bond acceptors (Lipinski definition) is 7. The van der Waals surface area contributed by atoms with Crippen molar-refractivity contribution in [3.8, 4) is 0 Å². The summed E-state index contributed by atoms with van der Waals surface area (Å²) in [5, 5.41) is 19.3. The molecule has 0 aliphatic carbocycles. The van der Waals surface area contributed by atoms with Crippen LogP contribution in [0.25, 0.3) is 11.0 Å². The van der Waals surface area contributed by atoms with Crippen LogP contribution in [0.4, 0.5) is 0 Å². The first kappa shape index (κ1) is 34.0. The zero-order valence-electron chi connectivity index (χ0n) is 27.4. The number of aliphatic hydroxyl groups is 1. The third kappa shape index (κ3) is 5.88. The fourth-order valence-electron chi connectivity index (χ4n) is 7.98. The van der Waals surface area contributed by atoms with E-state index in [1.54, 1.807) is 31.5 Å². The van der Waals surface area contributed by atoms with Gasteiger partial charge in [0.2, 0.25) is 17.7 Å². The molecule has 2 aromatic carbocycles. The minimum Gasteiger partial charge on any atom is -0.394 e. The van der Waals surface area contributed by atoms with Crippen LogP contribution in [0.3, 0.4) is 0 Å². The fourth-order valence-corrected chi connectivity index (χ4v) is 8.92. The summed E-state index contributed by atoms with van der Waals surface area (Å²) in [6.45, 7) is 12.3. The Morgan fingerprint density at radius 1 is 1.08 bits per heavy atom. The highest BCUT2D eigenvalue weighted by molar-refractivity contribution is 9.09. The second-order valence-corrected chi connectivity index (χ2v) is 14.6. The minimum absolute atomic E-state index is 0.0618. The summed E-state index contributed by atoms with van der Waals surface area (Å²) in [6, 6.07) is 15.4. The largest absolute Gasteiger partial charge is 0.394 e. The number of nitrogens with zero attached hydrogens (tertiary/aromatic N) is 6. The third-order valence-corrected chi connectivity index (χ3v) is 10.7. The highest BCUT2D eigenvalue weighted by atomic mass is 79.9. The van der Waals surface area contributed by atoms with Crippen molar-refractivity contribution < 1.29 is 24.2 Å². The summed E-state index contributed by atoms with van der Waals surface area (Å²) in [6.07, 6.45) is 3.53. The molecule has 0 radical (unpaired) electrons. The number of aliphatic hydroxyl groups excluding tert-OH is 1. The summed E-state index contributed by atoms with van der Waals surface area (Å²) in [5.74, 6) is -2.51. The standard InChI is InChI=1S/C36H43BrN6O5/c1-5-16-40(20-24-12-8-7-9-13-24)33(45)29-30-34(46)43(25(21-44)18-23(3)4)32(36(30)19-26(37)31(29)48-36)35(47)41(17-6-2)22-42-28-15-11-10-14-27(28)38-39-42/h5-15,23,25-26,29-32,44H,1-2,16-22H2,3-4H3/t25-,26?,29+,30+,31+,32?,36?/m1/s1. The highest BCUT2D eigenvalue weighted by Gasteiger charge is 2.77. The van der Waals surface area contributed by atoms with Crippen LogP contribution in [-0.4, -0.2) is 101 Å². The average Bonchev–Trinajstić information content (AvgIpc) is 3.80. The predicted octanol–water partition coefficient (Wildman–Crippen LogP) is 3.77. The number of aromatic nitrogens is 3. The molecule has 6 rings (SSSR count). The Balaban J connectivity index is 1.41. The van der Waals surface area contributed by atoms with E-state index in [1.165, 1.54) is 0 Å². The van der Waals surface area contributed by atoms with Crippen molar-refractivity contribution in [2.45, 2.75) is 68.5 Å². The second-order valence-electron chi connectivity index (χ2n) is 13.4. The summed E-state index contributed by atoms with van der Waals surface area (Å²) in [5.41, 5.74) is 1.12. The Kier molecular flexibility index (Phi) is 9.87. The number of benzene rings is 2. The maximum absolute atomic E-state index is 15.0. The SMILES string of the molecule is C=CCN(Cn1nnc2ccccc21)C(=O)C1N([C@@H](CO)CC(C)C)C(=O)[C@@H]2[C@H](C(=O)N(CC=C)Cc3ccccc3)[C@H]3OC12CC3Br. The molecule has 2 bridgehead atoms. The number of para-hydroxylation sites is 1. The van der Waals surface area contributed by atoms with Gasteiger partial charge in [-0.25, -0.2) is 4.68 Å². The minimum atomic E-state index is -1.28. The van der Waals surface area contributed by atoms with Gasteiger partial charge in [-0.15, -0.1) is 18.3 Å². The van der Waals surface area contributed by atoms with Crippen LogP contribution in [0.15, 0.2) is 79.9 Å². The van der Waals surface area contributed by atoms with Crippen LogP contribution < -0.4 is 0 Å². The van der Waals surface area contributed by atoms with Gasteiger partial charge in [0.05, 0.1) is 36.1 Å². The van der Waals surface area contributed by atoms with Gasteiger partial charge in [-0.3, -0.25) is 14.4 Å². The van der Waals surface area contributed by atoms with Crippen molar-refractivity contribution in [3.05, 3.63) is 85.5 Å². The maximum Gasteiger partial charge on any atom is 0.250 e. The molecule has 0 saturated carbocycles. The van der Waals surface area contributed by atoms with Gasteiger partial charge in [-0.1, -0.05) is 89.6 Å². The average molecular weight is 720 g/mol. The molecule has 3 aliphatic rings. The Hall–Kier alpha value is -3.87. The molecule has 1 aromatic heterocycles. The molecular weight excluding hydrogens is 676 g/mol. The molecule has 3 aliphatic heterocycles. The predicted molar refractivity (Wildman–Crippen MR) is 184 cm³/mol. The lowest BCUT2D eigenvalue weighted by Crippen LogP contribution is -2.59. The van der Waals surface area contributed by atoms with Crippen LogP contribution in [0.5, 0.6) is 0 Å². The number of likely N-dealkylation sites (tertiary alicyclic amines) is 1. The van der Waals surface area contributed by atoms with E-state index in [9.17, 15) is 19.5 Å². The smallest absolute Gasteiger partial charge is 0.250 e. The molecule has 12 heteroatoms. The van der Waals surface area contributed by atoms with Crippen molar-refractivity contribution in [1.82, 2.24) is 29.7 Å². The molecule has 3 fully saturated rings. The lowest BCUT2D eigenvalue weighted by atomic mass is 9.70. The molecule has 48 heavy (non-hydrogen) atoms. The van der Waals surface area contributed by atoms with E-state index in [0.29, 0.717) is 24.9 Å². The van der Waals surface area contributed by atoms with Gasteiger partial charge >= 0.3 is 0 Å². The summed E-state index contributed by atoms with van der Waals surface area (Å²) in [4.78, 5) is 48.9. The van der Waals surface area contributed by atoms with Crippen LogP contribution in [0.1, 0.15) is 32.3 Å². The molecule has 3 saturated heterocycles. The molecule has 1 spiro atoms. The summed E-state index contributed by atoms with van der Waals surface area (Å²) >= 11 is 3.79.